The molecule has 0 spiro atoms. The molecule has 4 heteroatoms. The minimum Gasteiger partial charge on any atom is -0.497 e. The Morgan fingerprint density at radius 2 is 2.26 bits per heavy atom. The van der Waals surface area contributed by atoms with Gasteiger partial charge in [-0.2, -0.15) is 5.26 Å². The predicted molar refractivity (Wildman–Crippen MR) is 76.3 cm³/mol. The van der Waals surface area contributed by atoms with E-state index in [1.54, 1.807) is 7.11 Å². The molecular formula is C15H21N3O. The van der Waals surface area contributed by atoms with E-state index in [2.05, 4.69) is 11.0 Å². The van der Waals surface area contributed by atoms with Crippen molar-refractivity contribution in [1.82, 2.24) is 0 Å². The van der Waals surface area contributed by atoms with Crippen LogP contribution in [0.3, 0.4) is 0 Å². The van der Waals surface area contributed by atoms with Gasteiger partial charge in [-0.25, -0.2) is 0 Å². The number of hydrogen-bond donors (Lipinski definition) is 1. The van der Waals surface area contributed by atoms with Gasteiger partial charge >= 0.3 is 0 Å². The van der Waals surface area contributed by atoms with E-state index < -0.39 is 0 Å². The van der Waals surface area contributed by atoms with Crippen LogP contribution in [0.15, 0.2) is 18.2 Å². The summed E-state index contributed by atoms with van der Waals surface area (Å²) in [5.41, 5.74) is 7.47. The van der Waals surface area contributed by atoms with Crippen LogP contribution in [0.4, 0.5) is 5.69 Å². The molecule has 2 rings (SSSR count). The van der Waals surface area contributed by atoms with Crippen molar-refractivity contribution in [2.75, 3.05) is 25.6 Å². The molecule has 102 valence electrons. The molecule has 2 N–H and O–H groups in total. The van der Waals surface area contributed by atoms with Gasteiger partial charge in [-0.05, 0) is 37.4 Å². The fourth-order valence-electron chi connectivity index (χ4n) is 3.01. The van der Waals surface area contributed by atoms with E-state index in [-0.39, 0.29) is 0 Å². The second kappa shape index (κ2) is 5.94. The lowest BCUT2D eigenvalue weighted by atomic mass is 10.0. The van der Waals surface area contributed by atoms with Crippen LogP contribution < -0.4 is 15.4 Å². The van der Waals surface area contributed by atoms with E-state index in [0.717, 1.165) is 17.9 Å². The quantitative estimate of drug-likeness (QED) is 0.899. The van der Waals surface area contributed by atoms with Gasteiger partial charge < -0.3 is 15.4 Å². The number of anilines is 1. The van der Waals surface area contributed by atoms with Gasteiger partial charge in [0.15, 0.2) is 0 Å². The lowest BCUT2D eigenvalue weighted by Crippen LogP contribution is -2.38. The third-order valence-corrected chi connectivity index (χ3v) is 4.12. The molecule has 1 aromatic rings. The molecule has 0 bridgehead atoms. The largest absolute Gasteiger partial charge is 0.497 e. The van der Waals surface area contributed by atoms with Crippen LogP contribution in [0.2, 0.25) is 0 Å². The van der Waals surface area contributed by atoms with Gasteiger partial charge in [0.1, 0.15) is 11.8 Å². The van der Waals surface area contributed by atoms with Crippen LogP contribution >= 0.6 is 0 Å². The van der Waals surface area contributed by atoms with Crippen molar-refractivity contribution in [2.45, 2.75) is 25.3 Å². The van der Waals surface area contributed by atoms with E-state index >= 15 is 0 Å². The van der Waals surface area contributed by atoms with Crippen molar-refractivity contribution in [3.8, 4) is 11.8 Å². The van der Waals surface area contributed by atoms with Gasteiger partial charge in [0.05, 0.1) is 18.4 Å². The molecule has 2 atom stereocenters. The average Bonchev–Trinajstić information content (AvgIpc) is 2.94. The maximum absolute atomic E-state index is 9.25. The summed E-state index contributed by atoms with van der Waals surface area (Å²) < 4.78 is 5.26. The Bertz CT molecular complexity index is 481. The summed E-state index contributed by atoms with van der Waals surface area (Å²) in [5.74, 6) is 1.30. The summed E-state index contributed by atoms with van der Waals surface area (Å²) in [5, 5.41) is 9.25. The minimum atomic E-state index is 0.421. The van der Waals surface area contributed by atoms with E-state index in [0.29, 0.717) is 24.1 Å². The van der Waals surface area contributed by atoms with Gasteiger partial charge in [0, 0.05) is 19.2 Å². The van der Waals surface area contributed by atoms with Crippen molar-refractivity contribution >= 4 is 5.69 Å². The third-order valence-electron chi connectivity index (χ3n) is 4.12. The van der Waals surface area contributed by atoms with Crippen LogP contribution in [0.1, 0.15) is 24.8 Å². The number of rotatable bonds is 4. The lowest BCUT2D eigenvalue weighted by molar-refractivity contribution is 0.414. The Balaban J connectivity index is 2.32. The highest BCUT2D eigenvalue weighted by molar-refractivity contribution is 5.62. The van der Waals surface area contributed by atoms with Crippen LogP contribution in [-0.4, -0.2) is 26.7 Å². The van der Waals surface area contributed by atoms with Crippen molar-refractivity contribution in [3.63, 3.8) is 0 Å². The highest BCUT2D eigenvalue weighted by Crippen LogP contribution is 2.34. The van der Waals surface area contributed by atoms with Crippen LogP contribution in [0.5, 0.6) is 5.75 Å². The number of nitrogens with two attached hydrogens (primary N) is 1. The standard InChI is InChI=1S/C15H21N3O/c1-18(14-5-3-4-11(14)9-16)15-8-13(19-2)7-6-12(15)10-17/h6-8,11,14H,3-5,9,16H2,1-2H3. The summed E-state index contributed by atoms with van der Waals surface area (Å²) in [6.07, 6.45) is 3.53. The SMILES string of the molecule is COc1ccc(C#N)c(N(C)C2CCCC2CN)c1. The Kier molecular flexibility index (Phi) is 4.28. The first-order chi connectivity index (χ1) is 9.21. The molecule has 4 nitrogen and oxygen atoms in total. The maximum Gasteiger partial charge on any atom is 0.121 e. The van der Waals surface area contributed by atoms with Gasteiger partial charge in [-0.1, -0.05) is 6.42 Å². The van der Waals surface area contributed by atoms with E-state index in [9.17, 15) is 5.26 Å². The third kappa shape index (κ3) is 2.66. The van der Waals surface area contributed by atoms with Crippen molar-refractivity contribution in [3.05, 3.63) is 23.8 Å². The molecule has 1 fully saturated rings. The molecule has 0 amide bonds. The number of ether oxygens (including phenoxy) is 1. The molecule has 1 aliphatic carbocycles. The highest BCUT2D eigenvalue weighted by Gasteiger charge is 2.30. The van der Waals surface area contributed by atoms with Crippen molar-refractivity contribution in [2.24, 2.45) is 11.7 Å². The Hall–Kier alpha value is -1.73. The Labute approximate surface area is 114 Å². The van der Waals surface area contributed by atoms with Crippen LogP contribution in [-0.2, 0) is 0 Å². The minimum absolute atomic E-state index is 0.421. The highest BCUT2D eigenvalue weighted by atomic mass is 16.5. The molecule has 0 heterocycles. The summed E-state index contributed by atoms with van der Waals surface area (Å²) >= 11 is 0. The number of benzene rings is 1. The van der Waals surface area contributed by atoms with Crippen LogP contribution in [0, 0.1) is 17.2 Å². The van der Waals surface area contributed by atoms with E-state index in [4.69, 9.17) is 10.5 Å². The van der Waals surface area contributed by atoms with Gasteiger partial charge in [0.25, 0.3) is 0 Å². The zero-order valence-corrected chi connectivity index (χ0v) is 11.6. The average molecular weight is 259 g/mol. The maximum atomic E-state index is 9.25. The first-order valence-corrected chi connectivity index (χ1v) is 6.72. The number of nitrogens with zero attached hydrogens (tertiary/aromatic N) is 2. The molecule has 1 aromatic carbocycles. The first kappa shape index (κ1) is 13.7. The first-order valence-electron chi connectivity index (χ1n) is 6.72. The Morgan fingerprint density at radius 1 is 1.47 bits per heavy atom. The number of nitriles is 1. The van der Waals surface area contributed by atoms with Crippen molar-refractivity contribution in [1.29, 1.82) is 5.26 Å². The predicted octanol–water partition coefficient (Wildman–Crippen LogP) is 2.13. The molecule has 0 aromatic heterocycles. The molecular weight excluding hydrogens is 238 g/mol. The molecule has 1 aliphatic rings. The normalized spacial score (nSPS) is 22.0. The fraction of sp³-hybridized carbons (Fsp3) is 0.533. The monoisotopic (exact) mass is 259 g/mol. The number of hydrogen-bond acceptors (Lipinski definition) is 4. The fourth-order valence-corrected chi connectivity index (χ4v) is 3.01. The second-order valence-corrected chi connectivity index (χ2v) is 5.10. The zero-order valence-electron chi connectivity index (χ0n) is 11.6. The summed E-state index contributed by atoms with van der Waals surface area (Å²) in [6, 6.07) is 8.25. The topological polar surface area (TPSA) is 62.3 Å². The number of methoxy groups -OCH3 is 1. The van der Waals surface area contributed by atoms with Gasteiger partial charge in [-0.3, -0.25) is 0 Å². The van der Waals surface area contributed by atoms with E-state index in [1.165, 1.54) is 12.8 Å². The molecule has 0 radical (unpaired) electrons. The molecule has 1 saturated carbocycles. The molecule has 19 heavy (non-hydrogen) atoms. The van der Waals surface area contributed by atoms with Gasteiger partial charge in [-0.15, -0.1) is 0 Å². The smallest absolute Gasteiger partial charge is 0.121 e. The second-order valence-electron chi connectivity index (χ2n) is 5.10. The zero-order chi connectivity index (χ0) is 13.8. The lowest BCUT2D eigenvalue weighted by Gasteiger charge is -2.31. The van der Waals surface area contributed by atoms with Gasteiger partial charge in [0.2, 0.25) is 0 Å². The van der Waals surface area contributed by atoms with Crippen molar-refractivity contribution < 1.29 is 4.74 Å². The summed E-state index contributed by atoms with van der Waals surface area (Å²) in [4.78, 5) is 2.20. The Morgan fingerprint density at radius 3 is 2.89 bits per heavy atom. The molecule has 0 aliphatic heterocycles. The van der Waals surface area contributed by atoms with Crippen LogP contribution in [0.25, 0.3) is 0 Å². The van der Waals surface area contributed by atoms with E-state index in [1.807, 2.05) is 25.2 Å². The molecule has 2 unspecified atom stereocenters. The molecule has 0 saturated heterocycles. The summed E-state index contributed by atoms with van der Waals surface area (Å²) in [7, 11) is 3.69. The summed E-state index contributed by atoms with van der Waals surface area (Å²) in [6.45, 7) is 0.709.